The second-order valence-corrected chi connectivity index (χ2v) is 6.36. The normalized spacial score (nSPS) is 14.4. The second kappa shape index (κ2) is 6.43. The van der Waals surface area contributed by atoms with Crippen LogP contribution in [0.4, 0.5) is 0 Å². The Bertz CT molecular complexity index is 775. The van der Waals surface area contributed by atoms with Crippen LogP contribution in [0.1, 0.15) is 0 Å². The lowest BCUT2D eigenvalue weighted by molar-refractivity contribution is 0.586. The van der Waals surface area contributed by atoms with Gasteiger partial charge in [0.1, 0.15) is 5.84 Å². The first kappa shape index (κ1) is 15.8. The SMILES string of the molecule is Cl.O=S(=O)(NCC1=NCCN1)c1ccc2ccccc2c1. The minimum Gasteiger partial charge on any atom is -0.371 e. The van der Waals surface area contributed by atoms with E-state index in [9.17, 15) is 8.42 Å². The van der Waals surface area contributed by atoms with E-state index in [-0.39, 0.29) is 23.8 Å². The highest BCUT2D eigenvalue weighted by Crippen LogP contribution is 2.18. The standard InChI is InChI=1S/C14H15N3O2S.ClH/c18-20(19,17-10-14-15-7-8-16-14)13-6-5-11-3-1-2-4-12(11)9-13;/h1-6,9,17H,7-8,10H2,(H,15,16);1H. The third-order valence-electron chi connectivity index (χ3n) is 3.20. The van der Waals surface area contributed by atoms with Crippen LogP contribution in [0.3, 0.4) is 0 Å². The van der Waals surface area contributed by atoms with Crippen molar-refractivity contribution < 1.29 is 8.42 Å². The van der Waals surface area contributed by atoms with Gasteiger partial charge in [0.05, 0.1) is 18.0 Å². The van der Waals surface area contributed by atoms with E-state index in [0.717, 1.165) is 17.3 Å². The number of benzene rings is 2. The minimum absolute atomic E-state index is 0. The van der Waals surface area contributed by atoms with Crippen LogP contribution in [0.2, 0.25) is 0 Å². The Kier molecular flexibility index (Phi) is 4.82. The van der Waals surface area contributed by atoms with Crippen molar-refractivity contribution in [3.63, 3.8) is 0 Å². The monoisotopic (exact) mass is 325 g/mol. The van der Waals surface area contributed by atoms with Gasteiger partial charge in [-0.1, -0.05) is 30.3 Å². The van der Waals surface area contributed by atoms with Crippen molar-refractivity contribution in [3.05, 3.63) is 42.5 Å². The maximum Gasteiger partial charge on any atom is 0.240 e. The van der Waals surface area contributed by atoms with E-state index in [1.165, 1.54) is 0 Å². The smallest absolute Gasteiger partial charge is 0.240 e. The van der Waals surface area contributed by atoms with E-state index in [1.54, 1.807) is 12.1 Å². The number of amidine groups is 1. The Hall–Kier alpha value is -1.63. The maximum atomic E-state index is 12.2. The molecule has 112 valence electrons. The molecule has 0 aromatic heterocycles. The van der Waals surface area contributed by atoms with Crippen LogP contribution in [0, 0.1) is 0 Å². The number of hydrogen-bond acceptors (Lipinski definition) is 4. The molecule has 2 aromatic rings. The predicted molar refractivity (Wildman–Crippen MR) is 86.7 cm³/mol. The van der Waals surface area contributed by atoms with Gasteiger partial charge in [-0.05, 0) is 22.9 Å². The van der Waals surface area contributed by atoms with Crippen LogP contribution in [-0.2, 0) is 10.0 Å². The zero-order valence-corrected chi connectivity index (χ0v) is 12.9. The first-order valence-corrected chi connectivity index (χ1v) is 7.89. The van der Waals surface area contributed by atoms with Crippen LogP contribution < -0.4 is 10.0 Å². The lowest BCUT2D eigenvalue weighted by Crippen LogP contribution is -2.34. The van der Waals surface area contributed by atoms with Crippen molar-refractivity contribution in [3.8, 4) is 0 Å². The Morgan fingerprint density at radius 3 is 2.62 bits per heavy atom. The Morgan fingerprint density at radius 2 is 1.90 bits per heavy atom. The zero-order chi connectivity index (χ0) is 14.0. The summed E-state index contributed by atoms with van der Waals surface area (Å²) in [4.78, 5) is 4.43. The van der Waals surface area contributed by atoms with Crippen LogP contribution in [0.25, 0.3) is 10.8 Å². The molecule has 0 spiro atoms. The first-order chi connectivity index (χ1) is 9.65. The van der Waals surface area contributed by atoms with Gasteiger partial charge in [0.15, 0.2) is 0 Å². The molecule has 7 heteroatoms. The third-order valence-corrected chi connectivity index (χ3v) is 4.60. The fraction of sp³-hybridized carbons (Fsp3) is 0.214. The molecule has 0 aliphatic carbocycles. The molecule has 3 rings (SSSR count). The summed E-state index contributed by atoms with van der Waals surface area (Å²) in [5.74, 6) is 0.689. The highest BCUT2D eigenvalue weighted by molar-refractivity contribution is 7.89. The second-order valence-electron chi connectivity index (χ2n) is 4.59. The minimum atomic E-state index is -3.51. The third kappa shape index (κ3) is 3.53. The average Bonchev–Trinajstić information content (AvgIpc) is 2.98. The molecule has 1 aliphatic rings. The molecule has 5 nitrogen and oxygen atoms in total. The van der Waals surface area contributed by atoms with Crippen molar-refractivity contribution in [2.24, 2.45) is 4.99 Å². The number of hydrogen-bond donors (Lipinski definition) is 2. The topological polar surface area (TPSA) is 70.6 Å². The van der Waals surface area contributed by atoms with Gasteiger partial charge < -0.3 is 5.32 Å². The fourth-order valence-corrected chi connectivity index (χ4v) is 3.17. The number of nitrogens with one attached hydrogen (secondary N) is 2. The van der Waals surface area contributed by atoms with Crippen molar-refractivity contribution in [2.45, 2.75) is 4.90 Å². The summed E-state index contributed by atoms with van der Waals surface area (Å²) < 4.78 is 27.0. The van der Waals surface area contributed by atoms with Crippen molar-refractivity contribution >= 4 is 39.0 Å². The number of sulfonamides is 1. The lowest BCUT2D eigenvalue weighted by atomic mass is 10.1. The summed E-state index contributed by atoms with van der Waals surface area (Å²) in [7, 11) is -3.51. The van der Waals surface area contributed by atoms with E-state index in [4.69, 9.17) is 0 Å². The van der Waals surface area contributed by atoms with Gasteiger partial charge in [-0.25, -0.2) is 13.1 Å². The molecule has 0 amide bonds. The summed E-state index contributed by atoms with van der Waals surface area (Å²) >= 11 is 0. The fourth-order valence-electron chi connectivity index (χ4n) is 2.15. The van der Waals surface area contributed by atoms with Gasteiger partial charge in [0.25, 0.3) is 0 Å². The van der Waals surface area contributed by atoms with Crippen LogP contribution in [0.5, 0.6) is 0 Å². The number of halogens is 1. The number of rotatable bonds is 4. The van der Waals surface area contributed by atoms with E-state index >= 15 is 0 Å². The summed E-state index contributed by atoms with van der Waals surface area (Å²) in [6, 6.07) is 12.8. The van der Waals surface area contributed by atoms with Gasteiger partial charge in [0.2, 0.25) is 10.0 Å². The summed E-state index contributed by atoms with van der Waals surface area (Å²) in [6.07, 6.45) is 0. The van der Waals surface area contributed by atoms with Crippen molar-refractivity contribution in [2.75, 3.05) is 19.6 Å². The summed E-state index contributed by atoms with van der Waals surface area (Å²) in [5.41, 5.74) is 0. The zero-order valence-electron chi connectivity index (χ0n) is 11.2. The van der Waals surface area contributed by atoms with Crippen LogP contribution in [0.15, 0.2) is 52.4 Å². The molecule has 0 unspecified atom stereocenters. The van der Waals surface area contributed by atoms with E-state index in [2.05, 4.69) is 15.0 Å². The Balaban J connectivity index is 0.00000161. The summed E-state index contributed by atoms with van der Waals surface area (Å²) in [5, 5.41) is 4.96. The predicted octanol–water partition coefficient (Wildman–Crippen LogP) is 1.54. The molecule has 0 fully saturated rings. The number of aliphatic imine (C=N–C) groups is 1. The molecule has 2 N–H and O–H groups in total. The van der Waals surface area contributed by atoms with E-state index in [0.29, 0.717) is 12.4 Å². The molecule has 2 aromatic carbocycles. The summed E-state index contributed by atoms with van der Waals surface area (Å²) in [6.45, 7) is 1.68. The van der Waals surface area contributed by atoms with Gasteiger partial charge in [-0.3, -0.25) is 4.99 Å². The molecule has 1 aliphatic heterocycles. The lowest BCUT2D eigenvalue weighted by Gasteiger charge is -2.08. The van der Waals surface area contributed by atoms with E-state index < -0.39 is 10.0 Å². The molecule has 21 heavy (non-hydrogen) atoms. The van der Waals surface area contributed by atoms with Crippen molar-refractivity contribution in [1.82, 2.24) is 10.0 Å². The number of fused-ring (bicyclic) bond motifs is 1. The highest BCUT2D eigenvalue weighted by Gasteiger charge is 2.16. The molecule has 0 saturated heterocycles. The highest BCUT2D eigenvalue weighted by atomic mass is 35.5. The molecule has 0 atom stereocenters. The Morgan fingerprint density at radius 1 is 1.14 bits per heavy atom. The largest absolute Gasteiger partial charge is 0.371 e. The van der Waals surface area contributed by atoms with Gasteiger partial charge in [-0.2, -0.15) is 0 Å². The Labute approximate surface area is 129 Å². The molecule has 0 saturated carbocycles. The van der Waals surface area contributed by atoms with Crippen LogP contribution in [-0.4, -0.2) is 33.9 Å². The molecule has 0 bridgehead atoms. The molecular formula is C14H16ClN3O2S. The van der Waals surface area contributed by atoms with E-state index in [1.807, 2.05) is 30.3 Å². The quantitative estimate of drug-likeness (QED) is 0.896. The molecular weight excluding hydrogens is 310 g/mol. The van der Waals surface area contributed by atoms with Gasteiger partial charge in [0, 0.05) is 6.54 Å². The molecule has 1 heterocycles. The van der Waals surface area contributed by atoms with Crippen molar-refractivity contribution in [1.29, 1.82) is 0 Å². The maximum absolute atomic E-state index is 12.2. The van der Waals surface area contributed by atoms with Gasteiger partial charge >= 0.3 is 0 Å². The van der Waals surface area contributed by atoms with Crippen LogP contribution >= 0.6 is 12.4 Å². The van der Waals surface area contributed by atoms with Gasteiger partial charge in [-0.15, -0.1) is 12.4 Å². The average molecular weight is 326 g/mol. The molecule has 0 radical (unpaired) electrons. The first-order valence-electron chi connectivity index (χ1n) is 6.41. The number of nitrogens with zero attached hydrogens (tertiary/aromatic N) is 1.